The fourth-order valence-electron chi connectivity index (χ4n) is 3.28. The van der Waals surface area contributed by atoms with Crippen LogP contribution in [0.4, 0.5) is 0 Å². The van der Waals surface area contributed by atoms with Gasteiger partial charge in [0.05, 0.1) is 11.0 Å². The minimum Gasteiger partial charge on any atom is -0.376 e. The summed E-state index contributed by atoms with van der Waals surface area (Å²) in [5, 5.41) is 3.02. The predicted octanol–water partition coefficient (Wildman–Crippen LogP) is 3.42. The minimum atomic E-state index is 0.0346. The highest BCUT2D eigenvalue weighted by molar-refractivity contribution is 7.17. The van der Waals surface area contributed by atoms with Crippen LogP contribution in [0, 0.1) is 0 Å². The van der Waals surface area contributed by atoms with Gasteiger partial charge in [0.2, 0.25) is 0 Å². The maximum Gasteiger partial charge on any atom is 0.261 e. The molecule has 1 aliphatic carbocycles. The Morgan fingerprint density at radius 2 is 2.14 bits per heavy atom. The van der Waals surface area contributed by atoms with E-state index in [1.807, 2.05) is 0 Å². The van der Waals surface area contributed by atoms with Gasteiger partial charge in [-0.3, -0.25) is 4.79 Å². The first kappa shape index (κ1) is 14.0. The molecule has 2 aliphatic rings. The number of carbonyl (C=O) groups excluding carboxylic acids is 1. The van der Waals surface area contributed by atoms with Gasteiger partial charge in [-0.15, -0.1) is 11.3 Å². The molecule has 1 amide bonds. The number of benzene rings is 1. The standard InChI is InChI=1S/C18H19NO2S/c20-18(19-11-14-5-3-9-21-14)16-10-13-8-7-12-4-1-2-6-15(12)17(13)22-16/h1-2,4,6,10,14H,3,5,7-9,11H2,(H,19,20)/t14-/m0/s1. The highest BCUT2D eigenvalue weighted by atomic mass is 32.1. The number of ether oxygens (including phenoxy) is 1. The second-order valence-electron chi connectivity index (χ2n) is 5.97. The van der Waals surface area contributed by atoms with Crippen LogP contribution in [0.3, 0.4) is 0 Å². The van der Waals surface area contributed by atoms with Crippen molar-refractivity contribution in [2.24, 2.45) is 0 Å². The van der Waals surface area contributed by atoms with Gasteiger partial charge in [0.25, 0.3) is 5.91 Å². The highest BCUT2D eigenvalue weighted by Crippen LogP contribution is 2.39. The summed E-state index contributed by atoms with van der Waals surface area (Å²) >= 11 is 1.62. The van der Waals surface area contributed by atoms with E-state index in [4.69, 9.17) is 4.74 Å². The second-order valence-corrected chi connectivity index (χ2v) is 7.02. The zero-order valence-corrected chi connectivity index (χ0v) is 13.2. The molecule has 1 aliphatic heterocycles. The third kappa shape index (κ3) is 2.57. The summed E-state index contributed by atoms with van der Waals surface area (Å²) in [4.78, 5) is 14.5. The van der Waals surface area contributed by atoms with Gasteiger partial charge in [0.1, 0.15) is 0 Å². The van der Waals surface area contributed by atoms with Crippen molar-refractivity contribution in [3.8, 4) is 10.4 Å². The van der Waals surface area contributed by atoms with Gasteiger partial charge < -0.3 is 10.1 Å². The lowest BCUT2D eigenvalue weighted by Crippen LogP contribution is -2.31. The SMILES string of the molecule is O=C(NC[C@@H]1CCCO1)c1cc2c(s1)-c1ccccc1CC2. The Kier molecular flexibility index (Phi) is 3.72. The predicted molar refractivity (Wildman–Crippen MR) is 88.5 cm³/mol. The van der Waals surface area contributed by atoms with Crippen molar-refractivity contribution in [3.05, 3.63) is 46.3 Å². The highest BCUT2D eigenvalue weighted by Gasteiger charge is 2.22. The van der Waals surface area contributed by atoms with Crippen LogP contribution in [-0.2, 0) is 17.6 Å². The number of rotatable bonds is 3. The van der Waals surface area contributed by atoms with E-state index in [1.54, 1.807) is 11.3 Å². The van der Waals surface area contributed by atoms with Crippen molar-refractivity contribution in [3.63, 3.8) is 0 Å². The van der Waals surface area contributed by atoms with Gasteiger partial charge in [-0.1, -0.05) is 24.3 Å². The quantitative estimate of drug-likeness (QED) is 0.943. The van der Waals surface area contributed by atoms with E-state index in [0.717, 1.165) is 37.2 Å². The van der Waals surface area contributed by atoms with Crippen molar-refractivity contribution in [1.82, 2.24) is 5.32 Å². The first-order valence-electron chi connectivity index (χ1n) is 7.92. The second kappa shape index (κ2) is 5.86. The Morgan fingerprint density at radius 3 is 3.00 bits per heavy atom. The number of nitrogens with one attached hydrogen (secondary N) is 1. The summed E-state index contributed by atoms with van der Waals surface area (Å²) in [7, 11) is 0. The van der Waals surface area contributed by atoms with Gasteiger partial charge in [-0.05, 0) is 48.4 Å². The average Bonchev–Trinajstić information content (AvgIpc) is 3.21. The number of carbonyl (C=O) groups is 1. The normalized spacial score (nSPS) is 19.5. The van der Waals surface area contributed by atoms with E-state index in [1.165, 1.54) is 21.6 Å². The molecule has 114 valence electrons. The van der Waals surface area contributed by atoms with Gasteiger partial charge >= 0.3 is 0 Å². The smallest absolute Gasteiger partial charge is 0.261 e. The molecule has 1 aromatic heterocycles. The molecule has 0 radical (unpaired) electrons. The van der Waals surface area contributed by atoms with E-state index in [9.17, 15) is 4.79 Å². The molecule has 2 heterocycles. The minimum absolute atomic E-state index is 0.0346. The first-order valence-corrected chi connectivity index (χ1v) is 8.74. The Hall–Kier alpha value is -1.65. The topological polar surface area (TPSA) is 38.3 Å². The molecule has 22 heavy (non-hydrogen) atoms. The van der Waals surface area contributed by atoms with Crippen LogP contribution < -0.4 is 5.32 Å². The lowest BCUT2D eigenvalue weighted by atomic mass is 9.91. The Bertz CT molecular complexity index is 701. The molecule has 1 saturated heterocycles. The van der Waals surface area contributed by atoms with E-state index in [0.29, 0.717) is 6.54 Å². The Labute approximate surface area is 134 Å². The summed E-state index contributed by atoms with van der Waals surface area (Å²) in [6.45, 7) is 1.45. The lowest BCUT2D eigenvalue weighted by molar-refractivity contribution is 0.0861. The van der Waals surface area contributed by atoms with Gasteiger partial charge in [0, 0.05) is 18.0 Å². The fraction of sp³-hybridized carbons (Fsp3) is 0.389. The van der Waals surface area contributed by atoms with E-state index >= 15 is 0 Å². The van der Waals surface area contributed by atoms with Crippen LogP contribution in [0.5, 0.6) is 0 Å². The number of aryl methyl sites for hydroxylation is 2. The Balaban J connectivity index is 1.52. The molecule has 2 aromatic rings. The van der Waals surface area contributed by atoms with Crippen LogP contribution in [0.1, 0.15) is 33.6 Å². The maximum atomic E-state index is 12.4. The van der Waals surface area contributed by atoms with Crippen molar-refractivity contribution in [2.75, 3.05) is 13.2 Å². The van der Waals surface area contributed by atoms with E-state index in [-0.39, 0.29) is 12.0 Å². The molecule has 1 atom stereocenters. The van der Waals surface area contributed by atoms with Gasteiger partial charge in [0.15, 0.2) is 0 Å². The summed E-state index contributed by atoms with van der Waals surface area (Å²) < 4.78 is 5.56. The molecule has 1 fully saturated rings. The fourth-order valence-corrected chi connectivity index (χ4v) is 4.47. The molecule has 4 heteroatoms. The first-order chi connectivity index (χ1) is 10.8. The molecular formula is C18H19NO2S. The van der Waals surface area contributed by atoms with Gasteiger partial charge in [-0.2, -0.15) is 0 Å². The number of hydrogen-bond acceptors (Lipinski definition) is 3. The third-order valence-electron chi connectivity index (χ3n) is 4.47. The zero-order chi connectivity index (χ0) is 14.9. The van der Waals surface area contributed by atoms with Crippen molar-refractivity contribution >= 4 is 17.2 Å². The van der Waals surface area contributed by atoms with Gasteiger partial charge in [-0.25, -0.2) is 0 Å². The van der Waals surface area contributed by atoms with Crippen LogP contribution in [0.15, 0.2) is 30.3 Å². The summed E-state index contributed by atoms with van der Waals surface area (Å²) in [5.74, 6) is 0.0346. The molecular weight excluding hydrogens is 294 g/mol. The monoisotopic (exact) mass is 313 g/mol. The number of thiophene rings is 1. The van der Waals surface area contributed by atoms with Crippen molar-refractivity contribution < 1.29 is 9.53 Å². The molecule has 0 bridgehead atoms. The van der Waals surface area contributed by atoms with E-state index < -0.39 is 0 Å². The van der Waals surface area contributed by atoms with Crippen LogP contribution in [0.25, 0.3) is 10.4 Å². The summed E-state index contributed by atoms with van der Waals surface area (Å²) in [6, 6.07) is 10.6. The number of fused-ring (bicyclic) bond motifs is 3. The van der Waals surface area contributed by atoms with Crippen LogP contribution in [0.2, 0.25) is 0 Å². The summed E-state index contributed by atoms with van der Waals surface area (Å²) in [6.07, 6.45) is 4.44. The number of amides is 1. The molecule has 0 spiro atoms. The molecule has 3 nitrogen and oxygen atoms in total. The van der Waals surface area contributed by atoms with Crippen LogP contribution in [-0.4, -0.2) is 25.2 Å². The summed E-state index contributed by atoms with van der Waals surface area (Å²) in [5.41, 5.74) is 4.00. The molecule has 1 N–H and O–H groups in total. The lowest BCUT2D eigenvalue weighted by Gasteiger charge is -2.15. The zero-order valence-electron chi connectivity index (χ0n) is 12.4. The molecule has 1 aromatic carbocycles. The van der Waals surface area contributed by atoms with Crippen molar-refractivity contribution in [2.45, 2.75) is 31.8 Å². The molecule has 0 unspecified atom stereocenters. The molecule has 0 saturated carbocycles. The Morgan fingerprint density at radius 1 is 1.27 bits per heavy atom. The maximum absolute atomic E-state index is 12.4. The number of hydrogen-bond donors (Lipinski definition) is 1. The average molecular weight is 313 g/mol. The van der Waals surface area contributed by atoms with E-state index in [2.05, 4.69) is 35.6 Å². The van der Waals surface area contributed by atoms with Crippen molar-refractivity contribution in [1.29, 1.82) is 0 Å². The van der Waals surface area contributed by atoms with Crippen LogP contribution >= 0.6 is 11.3 Å². The molecule has 4 rings (SSSR count). The third-order valence-corrected chi connectivity index (χ3v) is 5.68. The largest absolute Gasteiger partial charge is 0.376 e.